The van der Waals surface area contributed by atoms with Gasteiger partial charge in [0.05, 0.1) is 0 Å². The van der Waals surface area contributed by atoms with Gasteiger partial charge in [-0.15, -0.1) is 0 Å². The van der Waals surface area contributed by atoms with E-state index in [9.17, 15) is 9.59 Å². The van der Waals surface area contributed by atoms with Crippen molar-refractivity contribution in [2.24, 2.45) is 5.92 Å². The molecule has 5 nitrogen and oxygen atoms in total. The molecule has 0 bridgehead atoms. The molecule has 0 radical (unpaired) electrons. The van der Waals surface area contributed by atoms with Crippen LogP contribution in [0.5, 0.6) is 0 Å². The van der Waals surface area contributed by atoms with Crippen molar-refractivity contribution in [3.05, 3.63) is 0 Å². The highest BCUT2D eigenvalue weighted by molar-refractivity contribution is 5.82. The molecule has 1 aliphatic rings. The summed E-state index contributed by atoms with van der Waals surface area (Å²) in [5, 5.41) is 14.4. The van der Waals surface area contributed by atoms with Gasteiger partial charge >= 0.3 is 12.0 Å². The monoisotopic (exact) mass is 256 g/mol. The van der Waals surface area contributed by atoms with Crippen molar-refractivity contribution in [3.8, 4) is 0 Å². The number of carboxylic acids is 1. The van der Waals surface area contributed by atoms with Crippen LogP contribution >= 0.6 is 0 Å². The van der Waals surface area contributed by atoms with E-state index in [0.29, 0.717) is 12.3 Å². The fraction of sp³-hybridized carbons (Fsp3) is 0.846. The van der Waals surface area contributed by atoms with Gasteiger partial charge in [-0.05, 0) is 25.2 Å². The van der Waals surface area contributed by atoms with Crippen LogP contribution in [0.25, 0.3) is 0 Å². The van der Waals surface area contributed by atoms with Crippen LogP contribution < -0.4 is 10.6 Å². The van der Waals surface area contributed by atoms with E-state index in [1.807, 2.05) is 6.92 Å². The summed E-state index contributed by atoms with van der Waals surface area (Å²) < 4.78 is 0. The predicted molar refractivity (Wildman–Crippen MR) is 69.4 cm³/mol. The summed E-state index contributed by atoms with van der Waals surface area (Å²) in [4.78, 5) is 22.7. The molecule has 0 spiro atoms. The largest absolute Gasteiger partial charge is 0.480 e. The zero-order valence-corrected chi connectivity index (χ0v) is 11.2. The summed E-state index contributed by atoms with van der Waals surface area (Å²) in [6.07, 6.45) is 5.46. The van der Waals surface area contributed by atoms with Crippen LogP contribution in [0.1, 0.15) is 52.4 Å². The van der Waals surface area contributed by atoms with Crippen molar-refractivity contribution in [2.75, 3.05) is 0 Å². The van der Waals surface area contributed by atoms with Gasteiger partial charge < -0.3 is 15.7 Å². The van der Waals surface area contributed by atoms with Crippen molar-refractivity contribution in [3.63, 3.8) is 0 Å². The SMILES string of the molecule is CCCC[C@H](NC(=O)NC1CCCC1C)C(=O)O. The Morgan fingerprint density at radius 1 is 1.39 bits per heavy atom. The second kappa shape index (κ2) is 7.24. The fourth-order valence-electron chi connectivity index (χ4n) is 2.39. The quantitative estimate of drug-likeness (QED) is 0.681. The third-order valence-electron chi connectivity index (χ3n) is 3.63. The zero-order valence-electron chi connectivity index (χ0n) is 11.2. The molecule has 1 saturated carbocycles. The van der Waals surface area contributed by atoms with E-state index in [0.717, 1.165) is 32.1 Å². The number of aliphatic carboxylic acids is 1. The Labute approximate surface area is 108 Å². The number of carbonyl (C=O) groups is 2. The Balaban J connectivity index is 2.38. The summed E-state index contributed by atoms with van der Waals surface area (Å²) in [6, 6.07) is -0.940. The molecule has 3 atom stereocenters. The van der Waals surface area contributed by atoms with Gasteiger partial charge in [0.1, 0.15) is 6.04 Å². The fourth-order valence-corrected chi connectivity index (χ4v) is 2.39. The van der Waals surface area contributed by atoms with Crippen molar-refractivity contribution >= 4 is 12.0 Å². The van der Waals surface area contributed by atoms with E-state index in [4.69, 9.17) is 5.11 Å². The first-order valence-electron chi connectivity index (χ1n) is 6.84. The van der Waals surface area contributed by atoms with E-state index in [-0.39, 0.29) is 12.1 Å². The molecule has 0 aromatic rings. The van der Waals surface area contributed by atoms with Gasteiger partial charge in [-0.2, -0.15) is 0 Å². The summed E-state index contributed by atoms with van der Waals surface area (Å²) >= 11 is 0. The Hall–Kier alpha value is -1.26. The van der Waals surface area contributed by atoms with Crippen LogP contribution in [0.4, 0.5) is 4.79 Å². The molecule has 0 aliphatic heterocycles. The minimum Gasteiger partial charge on any atom is -0.480 e. The summed E-state index contributed by atoms with van der Waals surface area (Å²) in [5.41, 5.74) is 0. The van der Waals surface area contributed by atoms with Crippen molar-refractivity contribution in [1.29, 1.82) is 0 Å². The minimum atomic E-state index is -0.960. The maximum Gasteiger partial charge on any atom is 0.326 e. The van der Waals surface area contributed by atoms with Crippen LogP contribution in [0.15, 0.2) is 0 Å². The minimum absolute atomic E-state index is 0.186. The lowest BCUT2D eigenvalue weighted by molar-refractivity contribution is -0.139. The lowest BCUT2D eigenvalue weighted by atomic mass is 10.1. The number of nitrogens with one attached hydrogen (secondary N) is 2. The normalized spacial score (nSPS) is 24.6. The first-order chi connectivity index (χ1) is 8.54. The van der Waals surface area contributed by atoms with Crippen molar-refractivity contribution in [1.82, 2.24) is 10.6 Å². The lowest BCUT2D eigenvalue weighted by Crippen LogP contribution is -2.49. The van der Waals surface area contributed by atoms with Gasteiger partial charge in [0.15, 0.2) is 0 Å². The van der Waals surface area contributed by atoms with Crippen LogP contribution in [-0.4, -0.2) is 29.2 Å². The van der Waals surface area contributed by atoms with Gasteiger partial charge in [-0.1, -0.05) is 33.1 Å². The van der Waals surface area contributed by atoms with Gasteiger partial charge in [0.25, 0.3) is 0 Å². The highest BCUT2D eigenvalue weighted by Crippen LogP contribution is 2.24. The number of hydrogen-bond acceptors (Lipinski definition) is 2. The number of urea groups is 1. The first-order valence-corrected chi connectivity index (χ1v) is 6.84. The van der Waals surface area contributed by atoms with E-state index < -0.39 is 12.0 Å². The second-order valence-corrected chi connectivity index (χ2v) is 5.17. The molecule has 0 saturated heterocycles. The number of amides is 2. The molecule has 2 amide bonds. The number of carboxylic acid groups (broad SMARTS) is 1. The molecular weight excluding hydrogens is 232 g/mol. The maximum atomic E-state index is 11.7. The molecule has 18 heavy (non-hydrogen) atoms. The predicted octanol–water partition coefficient (Wildman–Crippen LogP) is 2.12. The average molecular weight is 256 g/mol. The summed E-state index contributed by atoms with van der Waals surface area (Å²) in [7, 11) is 0. The molecular formula is C13H24N2O3. The van der Waals surface area contributed by atoms with Crippen LogP contribution in [0.3, 0.4) is 0 Å². The molecule has 5 heteroatoms. The standard InChI is InChI=1S/C13H24N2O3/c1-3-4-7-11(12(16)17)15-13(18)14-10-8-5-6-9(10)2/h9-11H,3-8H2,1-2H3,(H,16,17)(H2,14,15,18)/t9?,10?,11-/m0/s1. The number of unbranched alkanes of at least 4 members (excludes halogenated alkanes) is 1. The molecule has 2 unspecified atom stereocenters. The van der Waals surface area contributed by atoms with E-state index in [1.165, 1.54) is 0 Å². The third kappa shape index (κ3) is 4.55. The van der Waals surface area contributed by atoms with E-state index in [2.05, 4.69) is 17.6 Å². The Kier molecular flexibility index (Phi) is 5.95. The van der Waals surface area contributed by atoms with Crippen molar-refractivity contribution in [2.45, 2.75) is 64.5 Å². The van der Waals surface area contributed by atoms with Crippen molar-refractivity contribution < 1.29 is 14.7 Å². The maximum absolute atomic E-state index is 11.7. The Morgan fingerprint density at radius 2 is 2.11 bits per heavy atom. The second-order valence-electron chi connectivity index (χ2n) is 5.17. The molecule has 3 N–H and O–H groups in total. The van der Waals surface area contributed by atoms with Crippen LogP contribution in [0.2, 0.25) is 0 Å². The zero-order chi connectivity index (χ0) is 13.5. The van der Waals surface area contributed by atoms with E-state index in [1.54, 1.807) is 0 Å². The van der Waals surface area contributed by atoms with Gasteiger partial charge in [-0.3, -0.25) is 0 Å². The summed E-state index contributed by atoms with van der Waals surface area (Å²) in [6.45, 7) is 4.11. The first kappa shape index (κ1) is 14.8. The molecule has 0 aromatic carbocycles. The van der Waals surface area contributed by atoms with Gasteiger partial charge in [0.2, 0.25) is 0 Å². The molecule has 104 valence electrons. The van der Waals surface area contributed by atoms with Gasteiger partial charge in [0, 0.05) is 6.04 Å². The highest BCUT2D eigenvalue weighted by atomic mass is 16.4. The van der Waals surface area contributed by atoms with Crippen LogP contribution in [0, 0.1) is 5.92 Å². The highest BCUT2D eigenvalue weighted by Gasteiger charge is 2.26. The molecule has 0 aromatic heterocycles. The Bertz CT molecular complexity index is 294. The number of rotatable bonds is 6. The molecule has 1 aliphatic carbocycles. The van der Waals surface area contributed by atoms with Gasteiger partial charge in [-0.25, -0.2) is 9.59 Å². The van der Waals surface area contributed by atoms with E-state index >= 15 is 0 Å². The Morgan fingerprint density at radius 3 is 2.61 bits per heavy atom. The molecule has 1 fully saturated rings. The third-order valence-corrected chi connectivity index (χ3v) is 3.63. The smallest absolute Gasteiger partial charge is 0.326 e. The topological polar surface area (TPSA) is 78.4 Å². The number of hydrogen-bond donors (Lipinski definition) is 3. The lowest BCUT2D eigenvalue weighted by Gasteiger charge is -2.20. The molecule has 0 heterocycles. The van der Waals surface area contributed by atoms with Crippen LogP contribution in [-0.2, 0) is 4.79 Å². The average Bonchev–Trinajstić information content (AvgIpc) is 2.70. The summed E-state index contributed by atoms with van der Waals surface area (Å²) in [5.74, 6) is -0.479. The number of carbonyl (C=O) groups excluding carboxylic acids is 1. The molecule has 1 rings (SSSR count).